The van der Waals surface area contributed by atoms with Gasteiger partial charge in [0.25, 0.3) is 23.1 Å². The molecule has 3 atom stereocenters. The van der Waals surface area contributed by atoms with Gasteiger partial charge >= 0.3 is 270 Å². The Morgan fingerprint density at radius 2 is 0.867 bits per heavy atom. The number of ether oxygens (including phenoxy) is 4. The molecule has 32 nitrogen and oxygen atoms in total. The number of halogens is 21. The van der Waals surface area contributed by atoms with Gasteiger partial charge in [-0.1, -0.05) is 15.9 Å². The van der Waals surface area contributed by atoms with Gasteiger partial charge < -0.3 is 79.9 Å². The fraction of sp³-hybridized carbons (Fsp3) is 0.206. The minimum atomic E-state index is -4.07. The second kappa shape index (κ2) is 65.6. The van der Waals surface area contributed by atoms with Crippen LogP contribution < -0.4 is 326 Å². The van der Waals surface area contributed by atoms with Crippen LogP contribution in [0.25, 0.3) is 0 Å². The molecule has 5 aromatic carbocycles. The Morgan fingerprint density at radius 1 is 0.531 bits per heavy atom. The zero-order chi connectivity index (χ0) is 91.6. The van der Waals surface area contributed by atoms with Gasteiger partial charge in [0.15, 0.2) is 128 Å². The van der Waals surface area contributed by atoms with E-state index >= 15 is 0 Å². The SMILES string of the molecule is CN1c2nc(Cl)ncc2OCC1c1cc(F)c(F)cc1F.CNc1nc(Cl)ncc1O.CNc1nc(Cl)ncc1OCC(=O)c1cc(F)c(F)cc1F.CNc1nc(Cl)ncc1OCC(O)c1cc(F)c(F)cc1F.CNc1nc(Cl)ncc1OCC(OS(C)(=O)=O)c1cc(F)c(F)cc1F.O=C(CBr)c1cc(F)c(F)cc1F.O=CO[O-].O=CO[O-].[B].[Cs+].[Cs+].[H-].[H-].[H-].[K+].[K+].[Na+]. The molecule has 0 spiro atoms. The molecule has 0 fully saturated rings. The van der Waals surface area contributed by atoms with E-state index < -0.39 is 169 Å². The number of aliphatic hydroxyl groups is 1. The van der Waals surface area contributed by atoms with Gasteiger partial charge in [-0.05, 0) is 88.3 Å². The van der Waals surface area contributed by atoms with Crippen LogP contribution in [0, 0.1) is 87.3 Å². The van der Waals surface area contributed by atoms with Gasteiger partial charge in [-0.3, -0.25) is 23.4 Å². The Bertz CT molecular complexity index is 5460. The quantitative estimate of drug-likeness (QED) is 0.00350. The molecule has 0 aliphatic carbocycles. The smallest absolute Gasteiger partial charge is 1.00 e. The number of nitrogens with one attached hydrogen (secondary N) is 4. The molecule has 0 bridgehead atoms. The molecule has 1 aliphatic heterocycles. The Morgan fingerprint density at radius 3 is 1.27 bits per heavy atom. The Labute approximate surface area is 980 Å². The molecule has 10 aromatic rings. The van der Waals surface area contributed by atoms with Crippen LogP contribution in [0.15, 0.2) is 91.6 Å². The van der Waals surface area contributed by atoms with E-state index in [9.17, 15) is 89.0 Å². The van der Waals surface area contributed by atoms with Gasteiger partial charge in [-0.15, -0.1) is 0 Å². The van der Waals surface area contributed by atoms with Crippen LogP contribution in [0.4, 0.5) is 94.9 Å². The van der Waals surface area contributed by atoms with Gasteiger partial charge in [-0.2, -0.15) is 33.3 Å². The van der Waals surface area contributed by atoms with Crippen molar-refractivity contribution in [1.82, 2.24) is 49.8 Å². The summed E-state index contributed by atoms with van der Waals surface area (Å²) in [5.74, 6) is -17.8. The number of benzene rings is 5. The number of carbonyl (C=O) groups is 4. The number of aromatic nitrogens is 10. The average molecular weight is 2310 g/mol. The minimum Gasteiger partial charge on any atom is -1.00 e. The first-order chi connectivity index (χ1) is 57.5. The summed E-state index contributed by atoms with van der Waals surface area (Å²) in [5.41, 5.74) is -2.03. The molecule has 6 N–H and O–H groups in total. The maximum absolute atomic E-state index is 14.0. The van der Waals surface area contributed by atoms with E-state index in [0.717, 1.165) is 12.3 Å². The third-order valence-corrected chi connectivity index (χ3v) is 16.2. The predicted octanol–water partition coefficient (Wildman–Crippen LogP) is -3.24. The topological polar surface area (TPSA) is 434 Å². The minimum absolute atomic E-state index is 0. The third-order valence-electron chi connectivity index (χ3n) is 14.2. The molecule has 128 heavy (non-hydrogen) atoms. The Hall–Kier alpha value is -3.11. The van der Waals surface area contributed by atoms with Crippen LogP contribution in [-0.4, -0.2) is 175 Å². The zero-order valence-electron chi connectivity index (χ0n) is 70.4. The summed E-state index contributed by atoms with van der Waals surface area (Å²) in [7, 11) is 3.83. The molecule has 1 aliphatic rings. The molecule has 60 heteroatoms. The summed E-state index contributed by atoms with van der Waals surface area (Å²) in [6, 6.07) is 4.09. The number of Topliss-reactive ketones (excluding diaryl/α,β-unsaturated/α-hetero) is 2. The second-order valence-corrected chi connectivity index (χ2v) is 26.0. The number of ketones is 2. The normalized spacial score (nSPS) is 11.4. The van der Waals surface area contributed by atoms with Crippen molar-refractivity contribution in [2.75, 3.05) is 99.4 Å². The number of hydrogen-bond donors (Lipinski definition) is 6. The van der Waals surface area contributed by atoms with Gasteiger partial charge in [0, 0.05) is 90.7 Å². The van der Waals surface area contributed by atoms with Gasteiger partial charge in [0.1, 0.15) is 61.1 Å². The summed E-state index contributed by atoms with van der Waals surface area (Å²) in [6.07, 6.45) is 3.95. The van der Waals surface area contributed by atoms with E-state index in [1.165, 1.54) is 38.0 Å². The van der Waals surface area contributed by atoms with E-state index in [-0.39, 0.29) is 386 Å². The van der Waals surface area contributed by atoms with E-state index in [4.69, 9.17) is 106 Å². The standard InChI is InChI=1S/C14H13ClF3N3O4S.C13H11ClF3N3O2.C13H9ClF3N3O2.C13H9ClF3N3O.C8H4BrF3O.C5H6ClN3O.2CH2O3.B.2Cs.2K.Na.3H/c1-19-13-11(5-20-14(15)21-13)24-6-12(25-26(2,22)23)7-3-9(17)10(18)4-8(7)16;2*1-18-12-11(4-19-13(14)20-12)22-5-10(21)6-2-8(16)9(17)3-7(6)15;1-20-10(6-2-8(16)9(17)3-7(6)15)5-21-11-4-18-13(14)19-12(11)20;9-3-8(13)4-1-6(11)7(12)2-5(4)10;1-7-4-3(10)2-8-5(6)9-4;2*2-1-4-3;;;;;;;;;/h3-5,12H,6H2,1-2H3,(H,19,20,21);2-4,10,21H,5H2,1H3,(H,18,19,20);2-4H,5H2,1H3,(H,18,19,20);2-4,10H,5H2,1H3;1-2H,3H2;2,10H,1H3,(H,7,8,9);2*1,3H;;;;;;;;;/q;;;;;;;;;5*+1;3*-1/p-2. The molecule has 3 radical (unpaired) electrons. The molecular formula is C68H57BBrCl5Cs2F15K2N15NaO17S. The number of likely N-dealkylation sites (N-methyl/N-ethyl adjacent to an activating group) is 1. The summed E-state index contributed by atoms with van der Waals surface area (Å²) < 4.78 is 246. The number of rotatable bonds is 23. The fourth-order valence-corrected chi connectivity index (χ4v) is 10.3. The maximum Gasteiger partial charge on any atom is 1.00 e. The number of fused-ring (bicyclic) bond motifs is 1. The monoisotopic (exact) mass is 2300 g/mol. The van der Waals surface area contributed by atoms with Crippen LogP contribution in [0.3, 0.4) is 0 Å². The first-order valence-electron chi connectivity index (χ1n) is 32.2. The van der Waals surface area contributed by atoms with Crippen molar-refractivity contribution < 1.29 is 421 Å². The predicted molar refractivity (Wildman–Crippen MR) is 409 cm³/mol. The summed E-state index contributed by atoms with van der Waals surface area (Å²) in [6.45, 7) is -1.89. The van der Waals surface area contributed by atoms with Crippen molar-refractivity contribution in [3.63, 3.8) is 0 Å². The zero-order valence-corrected chi connectivity index (χ0v) is 94.4. The van der Waals surface area contributed by atoms with Crippen LogP contribution in [0.2, 0.25) is 26.4 Å². The van der Waals surface area contributed by atoms with E-state index in [2.05, 4.69) is 96.8 Å². The van der Waals surface area contributed by atoms with Gasteiger partial charge in [-0.25, -0.2) is 90.8 Å². The maximum atomic E-state index is 14.0. The largest absolute Gasteiger partial charge is 1.00 e. The molecule has 0 amide bonds. The number of aromatic hydroxyl groups is 1. The van der Waals surface area contributed by atoms with Crippen molar-refractivity contribution in [3.05, 3.63) is 233 Å². The van der Waals surface area contributed by atoms with Crippen LogP contribution >= 0.6 is 73.9 Å². The second-order valence-electron chi connectivity index (χ2n) is 22.1. The van der Waals surface area contributed by atoms with Crippen molar-refractivity contribution in [2.24, 2.45) is 0 Å². The number of carbonyl (C=O) groups excluding carboxylic acids is 4. The number of anilines is 5. The first-order valence-corrected chi connectivity index (χ1v) is 37.0. The number of alkyl halides is 1. The number of hydrogen-bond acceptors (Lipinski definition) is 32. The van der Waals surface area contributed by atoms with Crippen LogP contribution in [0.1, 0.15) is 59.9 Å². The Kier molecular flexibility index (Phi) is 66.1. The average Bonchev–Trinajstić information content (AvgIpc) is 0.777. The Balaban J connectivity index is -0.000000353. The van der Waals surface area contributed by atoms with E-state index in [1.807, 2.05) is 0 Å². The summed E-state index contributed by atoms with van der Waals surface area (Å²) >= 11 is 30.8. The van der Waals surface area contributed by atoms with E-state index in [0.29, 0.717) is 65.9 Å². The van der Waals surface area contributed by atoms with Crippen molar-refractivity contribution in [2.45, 2.75) is 18.2 Å². The summed E-state index contributed by atoms with van der Waals surface area (Å²) in [5, 5.41) is 46.3. The first kappa shape index (κ1) is 129. The van der Waals surface area contributed by atoms with Crippen LogP contribution in [-0.2, 0) is 33.7 Å². The number of nitrogens with zero attached hydrogens (tertiary/aromatic N) is 11. The van der Waals surface area contributed by atoms with Crippen molar-refractivity contribution >= 4 is 146 Å². The van der Waals surface area contributed by atoms with Crippen LogP contribution in [0.5, 0.6) is 28.7 Å². The van der Waals surface area contributed by atoms with Gasteiger partial charge in [0.2, 0.25) is 32.2 Å². The molecule has 11 rings (SSSR count). The molecule has 3 unspecified atom stereocenters. The van der Waals surface area contributed by atoms with Crippen molar-refractivity contribution in [1.29, 1.82) is 0 Å². The van der Waals surface area contributed by atoms with E-state index in [1.54, 1.807) is 33.1 Å². The molecular weight excluding hydrogens is 2250 g/mol. The molecule has 667 valence electrons. The summed E-state index contributed by atoms with van der Waals surface area (Å²) in [4.78, 5) is 84.4. The number of aliphatic hydroxyl groups excluding tert-OH is 1. The third kappa shape index (κ3) is 42.7. The molecule has 0 saturated carbocycles. The van der Waals surface area contributed by atoms with Crippen molar-refractivity contribution in [3.8, 4) is 28.7 Å². The molecule has 0 saturated heterocycles. The van der Waals surface area contributed by atoms with Gasteiger partial charge in [0.05, 0.1) is 59.7 Å². The molecule has 5 aromatic heterocycles. The molecule has 6 heterocycles. The fourth-order valence-electron chi connectivity index (χ4n) is 8.80.